The van der Waals surface area contributed by atoms with E-state index in [0.717, 1.165) is 31.4 Å². The SMILES string of the molecule is CN(C(=O)c1snnc1C(C)(C)C)C1CCC(N)CC1. The molecule has 1 aliphatic rings. The molecule has 0 spiro atoms. The minimum Gasteiger partial charge on any atom is -0.338 e. The molecule has 1 saturated carbocycles. The molecule has 0 atom stereocenters. The van der Waals surface area contributed by atoms with E-state index < -0.39 is 0 Å². The van der Waals surface area contributed by atoms with E-state index in [-0.39, 0.29) is 17.4 Å². The summed E-state index contributed by atoms with van der Waals surface area (Å²) in [5.41, 5.74) is 6.57. The predicted octanol–water partition coefficient (Wildman–Crippen LogP) is 2.18. The molecule has 2 N–H and O–H groups in total. The van der Waals surface area contributed by atoms with Crippen LogP contribution in [0.3, 0.4) is 0 Å². The van der Waals surface area contributed by atoms with E-state index in [1.54, 1.807) is 0 Å². The molecule has 0 bridgehead atoms. The molecule has 112 valence electrons. The minimum atomic E-state index is -0.159. The van der Waals surface area contributed by atoms with Crippen LogP contribution in [0.15, 0.2) is 0 Å². The normalized spacial score (nSPS) is 23.6. The Kier molecular flexibility index (Phi) is 4.44. The van der Waals surface area contributed by atoms with Crippen molar-refractivity contribution < 1.29 is 4.79 Å². The summed E-state index contributed by atoms with van der Waals surface area (Å²) in [6, 6.07) is 0.585. The van der Waals surface area contributed by atoms with Gasteiger partial charge in [-0.15, -0.1) is 5.10 Å². The average Bonchev–Trinajstić information content (AvgIpc) is 2.87. The zero-order chi connectivity index (χ0) is 14.9. The molecule has 6 heteroatoms. The molecule has 20 heavy (non-hydrogen) atoms. The molecule has 0 aromatic carbocycles. The number of hydrogen-bond acceptors (Lipinski definition) is 5. The highest BCUT2D eigenvalue weighted by molar-refractivity contribution is 7.08. The highest BCUT2D eigenvalue weighted by Gasteiger charge is 2.31. The van der Waals surface area contributed by atoms with Crippen LogP contribution in [0.1, 0.15) is 61.8 Å². The molecular formula is C14H24N4OS. The average molecular weight is 296 g/mol. The van der Waals surface area contributed by atoms with Crippen molar-refractivity contribution in [3.8, 4) is 0 Å². The van der Waals surface area contributed by atoms with Gasteiger partial charge in [0.1, 0.15) is 4.88 Å². The first kappa shape index (κ1) is 15.4. The fourth-order valence-electron chi connectivity index (χ4n) is 2.64. The topological polar surface area (TPSA) is 72.1 Å². The molecule has 1 amide bonds. The third-order valence-electron chi connectivity index (χ3n) is 4.00. The summed E-state index contributed by atoms with van der Waals surface area (Å²) < 4.78 is 3.97. The summed E-state index contributed by atoms with van der Waals surface area (Å²) >= 11 is 1.20. The summed E-state index contributed by atoms with van der Waals surface area (Å²) in [6.07, 6.45) is 3.96. The maximum atomic E-state index is 12.7. The fourth-order valence-corrected chi connectivity index (χ4v) is 3.50. The number of nitrogens with zero attached hydrogens (tertiary/aromatic N) is 3. The quantitative estimate of drug-likeness (QED) is 0.908. The van der Waals surface area contributed by atoms with E-state index >= 15 is 0 Å². The van der Waals surface area contributed by atoms with E-state index in [2.05, 4.69) is 30.4 Å². The standard InChI is InChI=1S/C14H24N4OS/c1-14(2,3)12-11(20-17-16-12)13(19)18(4)10-7-5-9(15)6-8-10/h9-10H,5-8,15H2,1-4H3. The summed E-state index contributed by atoms with van der Waals surface area (Å²) in [5, 5.41) is 4.15. The first-order chi connectivity index (χ1) is 9.30. The molecule has 0 radical (unpaired) electrons. The van der Waals surface area contributed by atoms with E-state index in [4.69, 9.17) is 5.73 Å². The zero-order valence-corrected chi connectivity index (χ0v) is 13.5. The fraction of sp³-hybridized carbons (Fsp3) is 0.786. The summed E-state index contributed by atoms with van der Waals surface area (Å²) in [7, 11) is 1.88. The van der Waals surface area contributed by atoms with E-state index in [0.29, 0.717) is 10.9 Å². The number of carbonyl (C=O) groups excluding carboxylic acids is 1. The van der Waals surface area contributed by atoms with E-state index in [1.807, 2.05) is 11.9 Å². The maximum Gasteiger partial charge on any atom is 0.267 e. The summed E-state index contributed by atoms with van der Waals surface area (Å²) in [4.78, 5) is 15.2. The Morgan fingerprint density at radius 2 is 1.90 bits per heavy atom. The van der Waals surface area contributed by atoms with Crippen LogP contribution < -0.4 is 5.73 Å². The second-order valence-corrected chi connectivity index (χ2v) is 7.44. The van der Waals surface area contributed by atoms with Gasteiger partial charge in [0, 0.05) is 24.5 Å². The number of amides is 1. The lowest BCUT2D eigenvalue weighted by molar-refractivity contribution is 0.0692. The molecule has 1 fully saturated rings. The van der Waals surface area contributed by atoms with Gasteiger partial charge in [-0.25, -0.2) is 0 Å². The Morgan fingerprint density at radius 1 is 1.30 bits per heavy atom. The molecule has 1 aliphatic carbocycles. The van der Waals surface area contributed by atoms with Crippen molar-refractivity contribution in [3.05, 3.63) is 10.6 Å². The van der Waals surface area contributed by atoms with Crippen LogP contribution in [0, 0.1) is 0 Å². The van der Waals surface area contributed by atoms with Gasteiger partial charge in [-0.1, -0.05) is 25.3 Å². The van der Waals surface area contributed by atoms with Gasteiger partial charge in [0.2, 0.25) is 0 Å². The van der Waals surface area contributed by atoms with Crippen LogP contribution in [0.25, 0.3) is 0 Å². The van der Waals surface area contributed by atoms with Crippen molar-refractivity contribution in [1.82, 2.24) is 14.5 Å². The Labute approximate surface area is 124 Å². The van der Waals surface area contributed by atoms with Crippen LogP contribution in [0.4, 0.5) is 0 Å². The number of hydrogen-bond donors (Lipinski definition) is 1. The van der Waals surface area contributed by atoms with Crippen molar-refractivity contribution in [2.24, 2.45) is 5.73 Å². The van der Waals surface area contributed by atoms with E-state index in [1.165, 1.54) is 11.5 Å². The molecule has 0 aliphatic heterocycles. The number of nitrogens with two attached hydrogens (primary N) is 1. The van der Waals surface area contributed by atoms with Crippen molar-refractivity contribution in [1.29, 1.82) is 0 Å². The highest BCUT2D eigenvalue weighted by Crippen LogP contribution is 2.28. The molecule has 2 rings (SSSR count). The first-order valence-corrected chi connectivity index (χ1v) is 7.93. The second kappa shape index (κ2) is 5.77. The largest absolute Gasteiger partial charge is 0.338 e. The van der Waals surface area contributed by atoms with Gasteiger partial charge in [0.15, 0.2) is 0 Å². The molecule has 1 heterocycles. The molecule has 0 unspecified atom stereocenters. The molecule has 1 aromatic rings. The lowest BCUT2D eigenvalue weighted by Gasteiger charge is -2.33. The van der Waals surface area contributed by atoms with Crippen molar-refractivity contribution in [2.45, 2.75) is 64.0 Å². The van der Waals surface area contributed by atoms with Crippen molar-refractivity contribution >= 4 is 17.4 Å². The van der Waals surface area contributed by atoms with Crippen LogP contribution in [0.2, 0.25) is 0 Å². The van der Waals surface area contributed by atoms with Crippen LogP contribution >= 0.6 is 11.5 Å². The molecule has 1 aromatic heterocycles. The Bertz CT molecular complexity index is 472. The third-order valence-corrected chi connectivity index (χ3v) is 4.72. The van der Waals surface area contributed by atoms with Gasteiger partial charge in [0.25, 0.3) is 5.91 Å². The molecular weight excluding hydrogens is 272 g/mol. The highest BCUT2D eigenvalue weighted by atomic mass is 32.1. The Morgan fingerprint density at radius 3 is 2.45 bits per heavy atom. The van der Waals surface area contributed by atoms with Gasteiger partial charge in [-0.05, 0) is 37.2 Å². The maximum absolute atomic E-state index is 12.7. The van der Waals surface area contributed by atoms with Crippen LogP contribution in [-0.4, -0.2) is 39.5 Å². The van der Waals surface area contributed by atoms with E-state index in [9.17, 15) is 4.79 Å². The van der Waals surface area contributed by atoms with Gasteiger partial charge < -0.3 is 10.6 Å². The Balaban J connectivity index is 2.13. The number of carbonyl (C=O) groups is 1. The predicted molar refractivity (Wildman–Crippen MR) is 80.9 cm³/mol. The first-order valence-electron chi connectivity index (χ1n) is 7.16. The summed E-state index contributed by atoms with van der Waals surface area (Å²) in [5.74, 6) is 0.0467. The van der Waals surface area contributed by atoms with Gasteiger partial charge >= 0.3 is 0 Å². The van der Waals surface area contributed by atoms with Gasteiger partial charge in [-0.3, -0.25) is 4.79 Å². The van der Waals surface area contributed by atoms with Crippen molar-refractivity contribution in [3.63, 3.8) is 0 Å². The lowest BCUT2D eigenvalue weighted by atomic mass is 9.89. The molecule has 0 saturated heterocycles. The van der Waals surface area contributed by atoms with Crippen LogP contribution in [-0.2, 0) is 5.41 Å². The molecule has 5 nitrogen and oxygen atoms in total. The monoisotopic (exact) mass is 296 g/mol. The van der Waals surface area contributed by atoms with Crippen LogP contribution in [0.5, 0.6) is 0 Å². The van der Waals surface area contributed by atoms with Gasteiger partial charge in [0.05, 0.1) is 5.69 Å². The van der Waals surface area contributed by atoms with Gasteiger partial charge in [-0.2, -0.15) is 0 Å². The zero-order valence-electron chi connectivity index (χ0n) is 12.7. The lowest BCUT2D eigenvalue weighted by Crippen LogP contribution is -2.42. The second-order valence-electron chi connectivity index (χ2n) is 6.69. The number of rotatable bonds is 2. The summed E-state index contributed by atoms with van der Waals surface area (Å²) in [6.45, 7) is 6.17. The third kappa shape index (κ3) is 3.17. The minimum absolute atomic E-state index is 0.0467. The van der Waals surface area contributed by atoms with Crippen molar-refractivity contribution in [2.75, 3.05) is 7.05 Å². The Hall–Kier alpha value is -1.01. The smallest absolute Gasteiger partial charge is 0.267 e. The number of aromatic nitrogens is 2.